The van der Waals surface area contributed by atoms with E-state index in [0.717, 1.165) is 17.2 Å². The highest BCUT2D eigenvalue weighted by atomic mass is 16.5. The van der Waals surface area contributed by atoms with Crippen molar-refractivity contribution in [1.82, 2.24) is 0 Å². The zero-order chi connectivity index (χ0) is 19.3. The van der Waals surface area contributed by atoms with Gasteiger partial charge in [0.2, 0.25) is 5.91 Å². The average Bonchev–Trinajstić information content (AvgIpc) is 2.69. The van der Waals surface area contributed by atoms with E-state index in [1.807, 2.05) is 24.3 Å². The van der Waals surface area contributed by atoms with E-state index in [1.165, 1.54) is 0 Å². The highest BCUT2D eigenvalue weighted by Gasteiger charge is 2.03. The number of amides is 1. The zero-order valence-corrected chi connectivity index (χ0v) is 15.7. The second-order valence-electron chi connectivity index (χ2n) is 5.63. The molecule has 0 fully saturated rings. The Morgan fingerprint density at radius 1 is 0.741 bits per heavy atom. The molecule has 0 saturated heterocycles. The fraction of sp³-hybridized carbons (Fsp3) is 0.350. The topological polar surface area (TPSA) is 78.1 Å². The molecule has 2 N–H and O–H groups in total. The van der Waals surface area contributed by atoms with Crippen molar-refractivity contribution < 1.29 is 23.7 Å². The summed E-state index contributed by atoms with van der Waals surface area (Å²) in [7, 11) is 3.26. The third-order valence-corrected chi connectivity index (χ3v) is 3.56. The minimum atomic E-state index is -0.136. The van der Waals surface area contributed by atoms with E-state index in [2.05, 4.69) is 10.6 Å². The first-order chi connectivity index (χ1) is 13.2. The van der Waals surface area contributed by atoms with Crippen molar-refractivity contribution in [1.29, 1.82) is 0 Å². The van der Waals surface area contributed by atoms with Crippen LogP contribution in [0.4, 0.5) is 11.4 Å². The number of hydrogen-bond donors (Lipinski definition) is 2. The minimum Gasteiger partial charge on any atom is -0.491 e. The van der Waals surface area contributed by atoms with Gasteiger partial charge < -0.3 is 29.6 Å². The monoisotopic (exact) mass is 374 g/mol. The summed E-state index contributed by atoms with van der Waals surface area (Å²) in [5.41, 5.74) is 1.55. The van der Waals surface area contributed by atoms with Crippen LogP contribution in [0.3, 0.4) is 0 Å². The molecule has 146 valence electrons. The van der Waals surface area contributed by atoms with Crippen molar-refractivity contribution in [2.24, 2.45) is 0 Å². The number of ether oxygens (including phenoxy) is 4. The molecule has 2 rings (SSSR count). The van der Waals surface area contributed by atoms with Gasteiger partial charge in [0.1, 0.15) is 24.7 Å². The summed E-state index contributed by atoms with van der Waals surface area (Å²) >= 11 is 0. The summed E-state index contributed by atoms with van der Waals surface area (Å²) in [5, 5.41) is 5.91. The Bertz CT molecular complexity index is 674. The molecule has 0 heterocycles. The molecule has 0 aliphatic heterocycles. The fourth-order valence-corrected chi connectivity index (χ4v) is 2.18. The molecular formula is C20H26N2O5. The Morgan fingerprint density at radius 2 is 1.22 bits per heavy atom. The molecule has 27 heavy (non-hydrogen) atoms. The number of carbonyl (C=O) groups excluding carboxylic acids is 1. The van der Waals surface area contributed by atoms with Crippen LogP contribution in [-0.2, 0) is 14.3 Å². The molecule has 1 amide bonds. The fourth-order valence-electron chi connectivity index (χ4n) is 2.18. The van der Waals surface area contributed by atoms with Crippen LogP contribution in [0.2, 0.25) is 0 Å². The molecule has 7 heteroatoms. The van der Waals surface area contributed by atoms with Crippen molar-refractivity contribution in [3.05, 3.63) is 48.5 Å². The summed E-state index contributed by atoms with van der Waals surface area (Å²) in [5.74, 6) is 1.36. The van der Waals surface area contributed by atoms with Gasteiger partial charge in [0.15, 0.2) is 0 Å². The third kappa shape index (κ3) is 7.98. The Balaban J connectivity index is 1.72. The second-order valence-corrected chi connectivity index (χ2v) is 5.63. The van der Waals surface area contributed by atoms with Gasteiger partial charge >= 0.3 is 0 Å². The van der Waals surface area contributed by atoms with E-state index in [9.17, 15) is 4.79 Å². The molecular weight excluding hydrogens is 348 g/mol. The lowest BCUT2D eigenvalue weighted by atomic mass is 10.3. The summed E-state index contributed by atoms with van der Waals surface area (Å²) in [6, 6.07) is 14.6. The van der Waals surface area contributed by atoms with Gasteiger partial charge in [0.25, 0.3) is 0 Å². The highest BCUT2D eigenvalue weighted by Crippen LogP contribution is 2.17. The number of hydrogen-bond acceptors (Lipinski definition) is 6. The van der Waals surface area contributed by atoms with Crippen LogP contribution in [-0.4, -0.2) is 53.1 Å². The first kappa shape index (κ1) is 20.5. The quantitative estimate of drug-likeness (QED) is 0.556. The molecule has 7 nitrogen and oxygen atoms in total. The van der Waals surface area contributed by atoms with Crippen molar-refractivity contribution in [2.75, 3.05) is 57.8 Å². The van der Waals surface area contributed by atoms with E-state index in [1.54, 1.807) is 38.5 Å². The molecule has 0 aliphatic rings. The third-order valence-electron chi connectivity index (χ3n) is 3.56. The van der Waals surface area contributed by atoms with Crippen molar-refractivity contribution in [3.63, 3.8) is 0 Å². The van der Waals surface area contributed by atoms with Gasteiger partial charge in [-0.3, -0.25) is 4.79 Å². The lowest BCUT2D eigenvalue weighted by molar-refractivity contribution is -0.114. The van der Waals surface area contributed by atoms with Gasteiger partial charge in [-0.1, -0.05) is 0 Å². The van der Waals surface area contributed by atoms with E-state index in [4.69, 9.17) is 18.9 Å². The lowest BCUT2D eigenvalue weighted by Crippen LogP contribution is -2.21. The van der Waals surface area contributed by atoms with Crippen LogP contribution in [0.1, 0.15) is 0 Å². The second kappa shape index (κ2) is 11.8. The number of carbonyl (C=O) groups is 1. The average molecular weight is 374 g/mol. The molecule has 0 bridgehead atoms. The Kier molecular flexibility index (Phi) is 8.95. The molecule has 0 radical (unpaired) electrons. The van der Waals surface area contributed by atoms with Gasteiger partial charge in [-0.15, -0.1) is 0 Å². The van der Waals surface area contributed by atoms with Crippen LogP contribution >= 0.6 is 0 Å². The van der Waals surface area contributed by atoms with Gasteiger partial charge in [0.05, 0.1) is 19.8 Å². The van der Waals surface area contributed by atoms with E-state index < -0.39 is 0 Å². The Labute approximate surface area is 159 Å². The molecule has 2 aromatic rings. The smallest absolute Gasteiger partial charge is 0.243 e. The predicted octanol–water partition coefficient (Wildman–Crippen LogP) is 2.79. The van der Waals surface area contributed by atoms with E-state index in [-0.39, 0.29) is 12.5 Å². The molecule has 2 aromatic carbocycles. The van der Waals surface area contributed by atoms with Gasteiger partial charge in [0, 0.05) is 25.6 Å². The minimum absolute atomic E-state index is 0.136. The highest BCUT2D eigenvalue weighted by molar-refractivity contribution is 5.93. The SMILES string of the molecule is COCCOc1ccc(NCC(=O)Nc2ccc(OCCOC)cc2)cc1. The van der Waals surface area contributed by atoms with E-state index >= 15 is 0 Å². The molecule has 0 aromatic heterocycles. The van der Waals surface area contributed by atoms with Crippen LogP contribution < -0.4 is 20.1 Å². The maximum Gasteiger partial charge on any atom is 0.243 e. The largest absolute Gasteiger partial charge is 0.491 e. The van der Waals surface area contributed by atoms with Crippen LogP contribution in [0.25, 0.3) is 0 Å². The van der Waals surface area contributed by atoms with Crippen LogP contribution in [0, 0.1) is 0 Å². The number of nitrogens with one attached hydrogen (secondary N) is 2. The van der Waals surface area contributed by atoms with Crippen molar-refractivity contribution in [3.8, 4) is 11.5 Å². The molecule has 0 aliphatic carbocycles. The maximum absolute atomic E-state index is 12.1. The summed E-state index contributed by atoms with van der Waals surface area (Å²) in [6.45, 7) is 2.23. The molecule has 0 unspecified atom stereocenters. The Hall–Kier alpha value is -2.77. The Morgan fingerprint density at radius 3 is 1.70 bits per heavy atom. The zero-order valence-electron chi connectivity index (χ0n) is 15.7. The first-order valence-electron chi connectivity index (χ1n) is 8.68. The first-order valence-corrected chi connectivity index (χ1v) is 8.68. The standard InChI is InChI=1S/C20H26N2O5/c1-24-11-13-26-18-7-3-16(4-8-18)21-15-20(23)22-17-5-9-19(10-6-17)27-14-12-25-2/h3-10,21H,11-15H2,1-2H3,(H,22,23). The van der Waals surface area contributed by atoms with Crippen LogP contribution in [0.15, 0.2) is 48.5 Å². The normalized spacial score (nSPS) is 10.3. The molecule has 0 atom stereocenters. The number of anilines is 2. The van der Waals surface area contributed by atoms with Crippen molar-refractivity contribution >= 4 is 17.3 Å². The summed E-state index contributed by atoms with van der Waals surface area (Å²) < 4.78 is 20.8. The number of rotatable bonds is 12. The van der Waals surface area contributed by atoms with E-state index in [0.29, 0.717) is 32.1 Å². The lowest BCUT2D eigenvalue weighted by Gasteiger charge is -2.10. The maximum atomic E-state index is 12.1. The molecule has 0 spiro atoms. The summed E-state index contributed by atoms with van der Waals surface area (Å²) in [6.07, 6.45) is 0. The van der Waals surface area contributed by atoms with Gasteiger partial charge in [-0.05, 0) is 48.5 Å². The molecule has 0 saturated carbocycles. The van der Waals surface area contributed by atoms with Crippen molar-refractivity contribution in [2.45, 2.75) is 0 Å². The van der Waals surface area contributed by atoms with Crippen LogP contribution in [0.5, 0.6) is 11.5 Å². The number of methoxy groups -OCH3 is 2. The predicted molar refractivity (Wildman–Crippen MR) is 105 cm³/mol. The number of benzene rings is 2. The van der Waals surface area contributed by atoms with Gasteiger partial charge in [-0.2, -0.15) is 0 Å². The van der Waals surface area contributed by atoms with Gasteiger partial charge in [-0.25, -0.2) is 0 Å². The summed E-state index contributed by atoms with van der Waals surface area (Å²) in [4.78, 5) is 12.1.